The first-order chi connectivity index (χ1) is 16.9. The summed E-state index contributed by atoms with van der Waals surface area (Å²) in [7, 11) is -3.53. The Morgan fingerprint density at radius 1 is 0.971 bits per heavy atom. The molecule has 182 valence electrons. The number of aromatic nitrogens is 4. The average molecular weight is 511 g/mol. The maximum absolute atomic E-state index is 13.1. The molecule has 35 heavy (non-hydrogen) atoms. The van der Waals surface area contributed by atoms with Gasteiger partial charge in [-0.25, -0.2) is 23.1 Å². The van der Waals surface area contributed by atoms with Crippen LogP contribution in [0.4, 0.5) is 5.82 Å². The van der Waals surface area contributed by atoms with Crippen LogP contribution < -0.4 is 4.90 Å². The summed E-state index contributed by atoms with van der Waals surface area (Å²) in [6.45, 7) is 6.01. The summed E-state index contributed by atoms with van der Waals surface area (Å²) in [6, 6.07) is 16.1. The molecular weight excluding hydrogens is 484 g/mol. The molecule has 0 spiro atoms. The van der Waals surface area contributed by atoms with Gasteiger partial charge in [0.2, 0.25) is 10.0 Å². The Labute approximate surface area is 210 Å². The maximum Gasteiger partial charge on any atom is 0.243 e. The summed E-state index contributed by atoms with van der Waals surface area (Å²) in [5, 5.41) is 6.00. The number of nitrogens with zero attached hydrogens (tertiary/aromatic N) is 6. The Bertz CT molecular complexity index is 1450. The summed E-state index contributed by atoms with van der Waals surface area (Å²) in [5.41, 5.74) is 1.44. The molecule has 2 aromatic carbocycles. The fourth-order valence-corrected chi connectivity index (χ4v) is 5.89. The van der Waals surface area contributed by atoms with Crippen LogP contribution in [0.25, 0.3) is 16.7 Å². The zero-order valence-corrected chi connectivity index (χ0v) is 21.2. The highest BCUT2D eigenvalue weighted by molar-refractivity contribution is 7.89. The molecule has 0 amide bonds. The van der Waals surface area contributed by atoms with E-state index in [1.54, 1.807) is 39.4 Å². The van der Waals surface area contributed by atoms with Crippen LogP contribution >= 0.6 is 11.6 Å². The van der Waals surface area contributed by atoms with Crippen LogP contribution in [0, 0.1) is 0 Å². The van der Waals surface area contributed by atoms with E-state index in [1.165, 1.54) is 0 Å². The van der Waals surface area contributed by atoms with Crippen molar-refractivity contribution in [3.8, 4) is 5.69 Å². The minimum absolute atomic E-state index is 0.160. The summed E-state index contributed by atoms with van der Waals surface area (Å²) >= 11 is 6.47. The lowest BCUT2D eigenvalue weighted by molar-refractivity contribution is 0.384. The second kappa shape index (κ2) is 9.56. The molecule has 1 fully saturated rings. The van der Waals surface area contributed by atoms with E-state index in [2.05, 4.69) is 23.8 Å². The lowest BCUT2D eigenvalue weighted by atomic mass is 10.1. The Balaban J connectivity index is 1.50. The second-order valence-corrected chi connectivity index (χ2v) is 11.0. The van der Waals surface area contributed by atoms with E-state index in [0.29, 0.717) is 41.7 Å². The van der Waals surface area contributed by atoms with Crippen LogP contribution in [0.5, 0.6) is 0 Å². The molecule has 0 saturated carbocycles. The van der Waals surface area contributed by atoms with Gasteiger partial charge < -0.3 is 4.90 Å². The first-order valence-electron chi connectivity index (χ1n) is 11.7. The van der Waals surface area contributed by atoms with Gasteiger partial charge >= 0.3 is 0 Å². The third kappa shape index (κ3) is 4.39. The number of rotatable bonds is 6. The zero-order chi connectivity index (χ0) is 24.6. The van der Waals surface area contributed by atoms with E-state index in [9.17, 15) is 8.42 Å². The first-order valence-corrected chi connectivity index (χ1v) is 13.5. The van der Waals surface area contributed by atoms with Crippen LogP contribution in [-0.4, -0.2) is 58.7 Å². The van der Waals surface area contributed by atoms with Crippen LogP contribution in [0.1, 0.15) is 32.0 Å². The highest BCUT2D eigenvalue weighted by atomic mass is 35.5. The van der Waals surface area contributed by atoms with Gasteiger partial charge in [-0.3, -0.25) is 0 Å². The molecule has 0 radical (unpaired) electrons. The van der Waals surface area contributed by atoms with Gasteiger partial charge in [-0.05, 0) is 30.7 Å². The molecule has 10 heteroatoms. The van der Waals surface area contributed by atoms with Crippen molar-refractivity contribution in [1.29, 1.82) is 0 Å². The molecule has 8 nitrogen and oxygen atoms in total. The van der Waals surface area contributed by atoms with Gasteiger partial charge in [-0.1, -0.05) is 55.8 Å². The van der Waals surface area contributed by atoms with Gasteiger partial charge in [0.05, 0.1) is 27.2 Å². The molecule has 3 heterocycles. The zero-order valence-electron chi connectivity index (χ0n) is 19.7. The average Bonchev–Trinajstić information content (AvgIpc) is 3.32. The highest BCUT2D eigenvalue weighted by Gasteiger charge is 2.30. The molecule has 1 saturated heterocycles. The SMILES string of the molecule is CCC(C)c1nc(N2CCN(S(=O)(=O)c3ccccc3)CC2)c2cnn(-c3ccccc3Cl)c2n1. The van der Waals surface area contributed by atoms with Gasteiger partial charge in [0.25, 0.3) is 0 Å². The molecule has 0 aliphatic carbocycles. The number of hydrogen-bond donors (Lipinski definition) is 0. The lowest BCUT2D eigenvalue weighted by Crippen LogP contribution is -2.49. The Kier molecular flexibility index (Phi) is 6.48. The van der Waals surface area contributed by atoms with Gasteiger partial charge in [0.15, 0.2) is 5.65 Å². The van der Waals surface area contributed by atoms with Crippen molar-refractivity contribution >= 4 is 38.5 Å². The molecular formula is C25H27ClN6O2S. The molecule has 0 N–H and O–H groups in total. The van der Waals surface area contributed by atoms with E-state index in [1.807, 2.05) is 30.3 Å². The summed E-state index contributed by atoms with van der Waals surface area (Å²) in [6.07, 6.45) is 2.66. The van der Waals surface area contributed by atoms with Crippen LogP contribution in [0.3, 0.4) is 0 Å². The fourth-order valence-electron chi connectivity index (χ4n) is 4.24. The predicted octanol–water partition coefficient (Wildman–Crippen LogP) is 4.49. The van der Waals surface area contributed by atoms with Crippen LogP contribution in [0.2, 0.25) is 5.02 Å². The first kappa shape index (κ1) is 23.7. The maximum atomic E-state index is 13.1. The largest absolute Gasteiger partial charge is 0.353 e. The van der Waals surface area contributed by atoms with E-state index in [-0.39, 0.29) is 5.92 Å². The normalized spacial score (nSPS) is 16.0. The molecule has 4 aromatic rings. The molecule has 0 bridgehead atoms. The smallest absolute Gasteiger partial charge is 0.243 e. The molecule has 5 rings (SSSR count). The van der Waals surface area contributed by atoms with Crippen molar-refractivity contribution in [1.82, 2.24) is 24.1 Å². The molecule has 1 atom stereocenters. The number of piperazine rings is 1. The van der Waals surface area contributed by atoms with Gasteiger partial charge in [0.1, 0.15) is 11.6 Å². The van der Waals surface area contributed by atoms with E-state index in [4.69, 9.17) is 21.6 Å². The van der Waals surface area contributed by atoms with Gasteiger partial charge in [-0.15, -0.1) is 0 Å². The van der Waals surface area contributed by atoms with E-state index in [0.717, 1.165) is 29.1 Å². The molecule has 1 aliphatic heterocycles. The third-order valence-electron chi connectivity index (χ3n) is 6.48. The Morgan fingerprint density at radius 2 is 1.66 bits per heavy atom. The summed E-state index contributed by atoms with van der Waals surface area (Å²) < 4.78 is 29.4. The van der Waals surface area contributed by atoms with Crippen molar-refractivity contribution in [3.05, 3.63) is 71.6 Å². The predicted molar refractivity (Wildman–Crippen MR) is 138 cm³/mol. The van der Waals surface area contributed by atoms with Gasteiger partial charge in [0, 0.05) is 32.1 Å². The van der Waals surface area contributed by atoms with E-state index >= 15 is 0 Å². The van der Waals surface area contributed by atoms with Crippen molar-refractivity contribution in [2.45, 2.75) is 31.1 Å². The Morgan fingerprint density at radius 3 is 2.34 bits per heavy atom. The highest BCUT2D eigenvalue weighted by Crippen LogP contribution is 2.31. The number of sulfonamides is 1. The van der Waals surface area contributed by atoms with E-state index < -0.39 is 10.0 Å². The number of anilines is 1. The monoisotopic (exact) mass is 510 g/mol. The second-order valence-electron chi connectivity index (χ2n) is 8.66. The van der Waals surface area contributed by atoms with Gasteiger partial charge in [-0.2, -0.15) is 9.40 Å². The fraction of sp³-hybridized carbons (Fsp3) is 0.320. The van der Waals surface area contributed by atoms with Crippen molar-refractivity contribution in [3.63, 3.8) is 0 Å². The Hall–Kier alpha value is -3.01. The van der Waals surface area contributed by atoms with Crippen LogP contribution in [0.15, 0.2) is 65.7 Å². The topological polar surface area (TPSA) is 84.2 Å². The molecule has 1 aliphatic rings. The number of hydrogen-bond acceptors (Lipinski definition) is 6. The minimum Gasteiger partial charge on any atom is -0.353 e. The van der Waals surface area contributed by atoms with Crippen molar-refractivity contribution in [2.75, 3.05) is 31.1 Å². The number of halogens is 1. The number of fused-ring (bicyclic) bond motifs is 1. The summed E-state index contributed by atoms with van der Waals surface area (Å²) in [4.78, 5) is 12.2. The summed E-state index contributed by atoms with van der Waals surface area (Å²) in [5.74, 6) is 1.68. The number of benzene rings is 2. The molecule has 2 aromatic heterocycles. The van der Waals surface area contributed by atoms with Crippen molar-refractivity contribution < 1.29 is 8.42 Å². The standard InChI is InChI=1S/C25H27ClN6O2S/c1-3-18(2)23-28-24(20-17-27-32(25(20)29-23)22-12-8-7-11-21(22)26)30-13-15-31(16-14-30)35(33,34)19-9-5-4-6-10-19/h4-12,17-18H,3,13-16H2,1-2H3. The molecule has 1 unspecified atom stereocenters. The lowest BCUT2D eigenvalue weighted by Gasteiger charge is -2.35. The van der Waals surface area contributed by atoms with Crippen molar-refractivity contribution in [2.24, 2.45) is 0 Å². The minimum atomic E-state index is -3.53. The number of para-hydroxylation sites is 1. The quantitative estimate of drug-likeness (QED) is 0.380. The van der Waals surface area contributed by atoms with Crippen LogP contribution in [-0.2, 0) is 10.0 Å². The third-order valence-corrected chi connectivity index (χ3v) is 8.71.